The van der Waals surface area contributed by atoms with Crippen molar-refractivity contribution in [2.24, 2.45) is 11.8 Å². The van der Waals surface area contributed by atoms with Crippen LogP contribution in [0.25, 0.3) is 11.3 Å². The molecule has 0 aliphatic heterocycles. The van der Waals surface area contributed by atoms with Gasteiger partial charge in [-0.2, -0.15) is 0 Å². The van der Waals surface area contributed by atoms with Crippen LogP contribution in [0.2, 0.25) is 0 Å². The van der Waals surface area contributed by atoms with Crippen molar-refractivity contribution < 1.29 is 4.79 Å². The van der Waals surface area contributed by atoms with Crippen molar-refractivity contribution in [2.75, 3.05) is 7.05 Å². The first kappa shape index (κ1) is 24.3. The summed E-state index contributed by atoms with van der Waals surface area (Å²) in [7, 11) is 2.01. The molecule has 5 nitrogen and oxygen atoms in total. The van der Waals surface area contributed by atoms with Gasteiger partial charge in [-0.1, -0.05) is 73.4 Å². The first-order chi connectivity index (χ1) is 16.5. The minimum absolute atomic E-state index is 0.0994. The molecule has 34 heavy (non-hydrogen) atoms. The monoisotopic (exact) mass is 474 g/mol. The van der Waals surface area contributed by atoms with E-state index < -0.39 is 0 Å². The number of hydrogen-bond donors (Lipinski definition) is 1. The number of nitrogens with one attached hydrogen (secondary N) is 1. The van der Waals surface area contributed by atoms with Crippen molar-refractivity contribution in [1.29, 1.82) is 0 Å². The Morgan fingerprint density at radius 1 is 1.18 bits per heavy atom. The average molecular weight is 475 g/mol. The Balaban J connectivity index is 1.57. The van der Waals surface area contributed by atoms with E-state index in [-0.39, 0.29) is 12.1 Å². The van der Waals surface area contributed by atoms with Gasteiger partial charge >= 0.3 is 0 Å². The van der Waals surface area contributed by atoms with E-state index in [1.54, 1.807) is 0 Å². The van der Waals surface area contributed by atoms with Gasteiger partial charge in [-0.25, -0.2) is 0 Å². The Morgan fingerprint density at radius 3 is 2.38 bits per heavy atom. The number of likely N-dealkylation sites (N-methyl/N-ethyl adjacent to an activating group) is 1. The van der Waals surface area contributed by atoms with Crippen molar-refractivity contribution in [3.05, 3.63) is 82.9 Å². The van der Waals surface area contributed by atoms with Gasteiger partial charge in [0.2, 0.25) is 0 Å². The number of benzene rings is 2. The number of hydrogen-bond acceptors (Lipinski definition) is 6. The zero-order valence-electron chi connectivity index (χ0n) is 20.3. The van der Waals surface area contributed by atoms with Crippen LogP contribution in [0.5, 0.6) is 0 Å². The summed E-state index contributed by atoms with van der Waals surface area (Å²) in [5.41, 5.74) is 6.93. The second-order valence-corrected chi connectivity index (χ2v) is 10.3. The van der Waals surface area contributed by atoms with Crippen LogP contribution in [0.15, 0.2) is 66.2 Å². The number of aromatic nitrogens is 2. The highest BCUT2D eigenvalue weighted by molar-refractivity contribution is 7.03. The summed E-state index contributed by atoms with van der Waals surface area (Å²) in [5.74, 6) is 0.831. The van der Waals surface area contributed by atoms with Crippen LogP contribution in [-0.4, -0.2) is 39.9 Å². The highest BCUT2D eigenvalue weighted by Crippen LogP contribution is 2.33. The molecule has 2 aromatic carbocycles. The minimum atomic E-state index is -0.213. The Kier molecular flexibility index (Phi) is 7.91. The smallest absolute Gasteiger partial charge is 0.142 e. The van der Waals surface area contributed by atoms with Gasteiger partial charge in [0, 0.05) is 29.2 Å². The Hall–Kier alpha value is -2.83. The summed E-state index contributed by atoms with van der Waals surface area (Å²) in [6.07, 6.45) is 3.95. The summed E-state index contributed by atoms with van der Waals surface area (Å²) in [5, 5.41) is 9.65. The first-order valence-corrected chi connectivity index (χ1v) is 12.8. The zero-order chi connectivity index (χ0) is 24.1. The van der Waals surface area contributed by atoms with E-state index in [0.29, 0.717) is 18.4 Å². The van der Waals surface area contributed by atoms with E-state index in [1.165, 1.54) is 22.7 Å². The fraction of sp³-hybridized carbons (Fsp3) is 0.393. The van der Waals surface area contributed by atoms with Crippen molar-refractivity contribution in [3.8, 4) is 11.3 Å². The highest BCUT2D eigenvalue weighted by Gasteiger charge is 2.33. The van der Waals surface area contributed by atoms with E-state index in [9.17, 15) is 4.79 Å². The zero-order valence-corrected chi connectivity index (χ0v) is 21.1. The van der Waals surface area contributed by atoms with E-state index in [1.807, 2.05) is 12.4 Å². The third-order valence-electron chi connectivity index (χ3n) is 6.83. The van der Waals surface area contributed by atoms with Crippen LogP contribution in [-0.2, 0) is 24.2 Å². The molecule has 6 heteroatoms. The van der Waals surface area contributed by atoms with Gasteiger partial charge in [-0.15, -0.1) is 5.10 Å². The molecule has 1 heterocycles. The lowest BCUT2D eigenvalue weighted by Gasteiger charge is -2.38. The predicted molar refractivity (Wildman–Crippen MR) is 140 cm³/mol. The van der Waals surface area contributed by atoms with Gasteiger partial charge in [-0.3, -0.25) is 0 Å². The SMILES string of the molecule is C=C(C(NC)C1Cc2ccccc2C1)N(Cc1ccc(-c2csnn2)cc1)[C@@H](C=O)CC(C)C. The summed E-state index contributed by atoms with van der Waals surface area (Å²) in [4.78, 5) is 14.5. The molecule has 1 unspecified atom stereocenters. The molecule has 1 aliphatic carbocycles. The van der Waals surface area contributed by atoms with Crippen LogP contribution in [0.3, 0.4) is 0 Å². The average Bonchev–Trinajstić information content (AvgIpc) is 3.52. The molecule has 0 radical (unpaired) electrons. The third kappa shape index (κ3) is 5.45. The second kappa shape index (κ2) is 11.1. The molecule has 0 fully saturated rings. The molecule has 3 aromatic rings. The van der Waals surface area contributed by atoms with Gasteiger partial charge in [-0.05, 0) is 66.4 Å². The van der Waals surface area contributed by atoms with E-state index in [0.717, 1.165) is 48.1 Å². The van der Waals surface area contributed by atoms with Crippen LogP contribution in [0.1, 0.15) is 37.0 Å². The lowest BCUT2D eigenvalue weighted by atomic mass is 9.92. The molecular weight excluding hydrogens is 440 g/mol. The van der Waals surface area contributed by atoms with Crippen molar-refractivity contribution >= 4 is 17.8 Å². The molecular formula is C28H34N4OS. The molecule has 0 saturated heterocycles. The molecule has 0 amide bonds. The summed E-state index contributed by atoms with van der Waals surface area (Å²) in [6, 6.07) is 17.0. The van der Waals surface area contributed by atoms with Crippen LogP contribution >= 0.6 is 11.5 Å². The van der Waals surface area contributed by atoms with E-state index in [4.69, 9.17) is 0 Å². The normalized spacial score (nSPS) is 15.2. The number of aldehydes is 1. The molecule has 0 saturated carbocycles. The molecule has 0 bridgehead atoms. The minimum Gasteiger partial charge on any atom is -0.360 e. The van der Waals surface area contributed by atoms with Gasteiger partial charge < -0.3 is 15.0 Å². The molecule has 1 aromatic heterocycles. The molecule has 4 rings (SSSR count). The van der Waals surface area contributed by atoms with E-state index in [2.05, 4.69) is 88.8 Å². The van der Waals surface area contributed by atoms with Crippen LogP contribution in [0, 0.1) is 11.8 Å². The Morgan fingerprint density at radius 2 is 1.85 bits per heavy atom. The van der Waals surface area contributed by atoms with Crippen LogP contribution in [0.4, 0.5) is 0 Å². The van der Waals surface area contributed by atoms with Gasteiger partial charge in [0.15, 0.2) is 0 Å². The molecule has 0 spiro atoms. The van der Waals surface area contributed by atoms with Gasteiger partial charge in [0.05, 0.1) is 6.04 Å². The molecule has 1 aliphatic rings. The largest absolute Gasteiger partial charge is 0.360 e. The maximum absolute atomic E-state index is 12.3. The van der Waals surface area contributed by atoms with Crippen LogP contribution < -0.4 is 5.32 Å². The summed E-state index contributed by atoms with van der Waals surface area (Å²) >= 11 is 1.35. The standard InChI is InChI=1S/C28H34N4OS/c1-19(2)13-26(17-33)32(16-21-9-11-22(12-10-21)27-18-34-31-30-27)20(3)28(29-4)25-14-23-7-5-6-8-24(23)15-25/h5-12,17-19,25-26,28-29H,3,13-16H2,1-2,4H3/t26-,28?/m1/s1. The number of rotatable bonds is 11. The number of carbonyl (C=O) groups is 1. The first-order valence-electron chi connectivity index (χ1n) is 12.0. The predicted octanol–water partition coefficient (Wildman–Crippen LogP) is 5.14. The van der Waals surface area contributed by atoms with Gasteiger partial charge in [0.1, 0.15) is 12.0 Å². The Bertz CT molecular complexity index is 1070. The molecule has 178 valence electrons. The van der Waals surface area contributed by atoms with E-state index >= 15 is 0 Å². The topological polar surface area (TPSA) is 58.1 Å². The number of carbonyl (C=O) groups excluding carboxylic acids is 1. The maximum Gasteiger partial charge on any atom is 0.142 e. The fourth-order valence-electron chi connectivity index (χ4n) is 5.12. The number of fused-ring (bicyclic) bond motifs is 1. The lowest BCUT2D eigenvalue weighted by molar-refractivity contribution is -0.112. The molecule has 1 N–H and O–H groups in total. The molecule has 2 atom stereocenters. The highest BCUT2D eigenvalue weighted by atomic mass is 32.1. The summed E-state index contributed by atoms with van der Waals surface area (Å²) < 4.78 is 3.96. The van der Waals surface area contributed by atoms with Crippen molar-refractivity contribution in [2.45, 2.75) is 51.7 Å². The quantitative estimate of drug-likeness (QED) is 0.390. The third-order valence-corrected chi connectivity index (χ3v) is 7.33. The number of nitrogens with zero attached hydrogens (tertiary/aromatic N) is 3. The second-order valence-electron chi connectivity index (χ2n) is 9.64. The van der Waals surface area contributed by atoms with Crippen molar-refractivity contribution in [1.82, 2.24) is 19.8 Å². The summed E-state index contributed by atoms with van der Waals surface area (Å²) in [6.45, 7) is 9.52. The van der Waals surface area contributed by atoms with Crippen molar-refractivity contribution in [3.63, 3.8) is 0 Å². The maximum atomic E-state index is 12.3. The lowest BCUT2D eigenvalue weighted by Crippen LogP contribution is -2.46. The van der Waals surface area contributed by atoms with Gasteiger partial charge in [0.25, 0.3) is 0 Å². The fourth-order valence-corrected chi connectivity index (χ4v) is 5.59. The Labute approximate surface area is 207 Å².